The van der Waals surface area contributed by atoms with Gasteiger partial charge in [-0.05, 0) is 17.7 Å². The summed E-state index contributed by atoms with van der Waals surface area (Å²) in [4.78, 5) is 25.9. The summed E-state index contributed by atoms with van der Waals surface area (Å²) in [5, 5.41) is 6.11. The number of hydrogen-bond donors (Lipinski definition) is 3. The van der Waals surface area contributed by atoms with Gasteiger partial charge in [-0.2, -0.15) is 0 Å². The predicted octanol–water partition coefficient (Wildman–Crippen LogP) is 1.95. The topological polar surface area (TPSA) is 62.6 Å². The average molecular weight is 401 g/mol. The normalized spacial score (nSPS) is 14.0. The lowest BCUT2D eigenvalue weighted by Crippen LogP contribution is -3.08. The Morgan fingerprint density at radius 2 is 1.61 bits per heavy atom. The second-order valence-corrected chi connectivity index (χ2v) is 7.57. The zero-order chi connectivity index (χ0) is 19.8. The van der Waals surface area contributed by atoms with Crippen LogP contribution in [0.15, 0.2) is 48.5 Å². The van der Waals surface area contributed by atoms with Gasteiger partial charge in [0, 0.05) is 37.9 Å². The molecule has 0 spiro atoms. The highest BCUT2D eigenvalue weighted by Gasteiger charge is 2.17. The summed E-state index contributed by atoms with van der Waals surface area (Å²) >= 11 is 6.01. The van der Waals surface area contributed by atoms with Crippen LogP contribution in [0.4, 0.5) is 0 Å². The summed E-state index contributed by atoms with van der Waals surface area (Å²) in [5.74, 6) is -0.347. The van der Waals surface area contributed by atoms with E-state index in [1.165, 1.54) is 31.5 Å². The molecule has 1 saturated heterocycles. The highest BCUT2D eigenvalue weighted by atomic mass is 35.5. The Labute approximate surface area is 171 Å². The lowest BCUT2D eigenvalue weighted by molar-refractivity contribution is -0.901. The second-order valence-electron chi connectivity index (χ2n) is 7.17. The van der Waals surface area contributed by atoms with E-state index < -0.39 is 0 Å². The van der Waals surface area contributed by atoms with E-state index in [-0.39, 0.29) is 24.8 Å². The van der Waals surface area contributed by atoms with Crippen LogP contribution in [0.2, 0.25) is 5.02 Å². The van der Waals surface area contributed by atoms with Gasteiger partial charge in [0.1, 0.15) is 6.54 Å². The third kappa shape index (κ3) is 5.81. The molecule has 0 atom stereocenters. The van der Waals surface area contributed by atoms with Crippen LogP contribution < -0.4 is 15.5 Å². The largest absolute Gasteiger partial charge is 0.352 e. The summed E-state index contributed by atoms with van der Waals surface area (Å²) in [6, 6.07) is 15.2. The highest BCUT2D eigenvalue weighted by Crippen LogP contribution is 2.14. The second kappa shape index (κ2) is 10.2. The number of quaternary nitrogens is 1. The van der Waals surface area contributed by atoms with Gasteiger partial charge in [-0.1, -0.05) is 48.0 Å². The van der Waals surface area contributed by atoms with Crippen LogP contribution >= 0.6 is 11.6 Å². The van der Waals surface area contributed by atoms with Gasteiger partial charge in [0.15, 0.2) is 0 Å². The molecular formula is C22H27ClN3O2+. The van der Waals surface area contributed by atoms with E-state index in [0.29, 0.717) is 17.1 Å². The summed E-state index contributed by atoms with van der Waals surface area (Å²) < 4.78 is 0. The van der Waals surface area contributed by atoms with Crippen molar-refractivity contribution in [2.24, 2.45) is 0 Å². The number of likely N-dealkylation sites (tertiary alicyclic amines) is 1. The van der Waals surface area contributed by atoms with Gasteiger partial charge in [-0.25, -0.2) is 0 Å². The predicted molar refractivity (Wildman–Crippen MR) is 110 cm³/mol. The van der Waals surface area contributed by atoms with Crippen LogP contribution in [-0.2, 0) is 17.9 Å². The monoisotopic (exact) mass is 400 g/mol. The maximum atomic E-state index is 12.2. The van der Waals surface area contributed by atoms with Gasteiger partial charge in [0.25, 0.3) is 5.91 Å². The van der Waals surface area contributed by atoms with Gasteiger partial charge < -0.3 is 15.5 Å². The molecule has 2 aromatic carbocycles. The number of halogens is 1. The molecule has 0 aromatic heterocycles. The molecule has 0 radical (unpaired) electrons. The molecule has 3 rings (SSSR count). The molecule has 1 aliphatic heterocycles. The zero-order valence-corrected chi connectivity index (χ0v) is 16.7. The van der Waals surface area contributed by atoms with Crippen molar-refractivity contribution in [3.63, 3.8) is 0 Å². The van der Waals surface area contributed by atoms with Crippen LogP contribution in [-0.4, -0.2) is 31.4 Å². The summed E-state index contributed by atoms with van der Waals surface area (Å²) in [5.41, 5.74) is 2.88. The quantitative estimate of drug-likeness (QED) is 0.634. The van der Waals surface area contributed by atoms with Crippen molar-refractivity contribution in [1.29, 1.82) is 0 Å². The Morgan fingerprint density at radius 1 is 0.929 bits per heavy atom. The molecule has 2 aromatic rings. The molecule has 28 heavy (non-hydrogen) atoms. The third-order valence-corrected chi connectivity index (χ3v) is 5.43. The van der Waals surface area contributed by atoms with Crippen LogP contribution in [0.5, 0.6) is 0 Å². The molecule has 1 aliphatic rings. The average Bonchev–Trinajstić information content (AvgIpc) is 3.20. The number of amides is 2. The maximum Gasteiger partial charge on any atom is 0.252 e. The fourth-order valence-electron chi connectivity index (χ4n) is 3.54. The first-order valence-corrected chi connectivity index (χ1v) is 10.2. The number of hydrogen-bond acceptors (Lipinski definition) is 2. The van der Waals surface area contributed by atoms with Gasteiger partial charge >= 0.3 is 0 Å². The molecule has 2 amide bonds. The maximum absolute atomic E-state index is 12.2. The number of nitrogens with one attached hydrogen (secondary N) is 3. The fourth-order valence-corrected chi connectivity index (χ4v) is 3.76. The minimum absolute atomic E-state index is 0.0808. The molecule has 1 heterocycles. The molecule has 0 unspecified atom stereocenters. The van der Waals surface area contributed by atoms with Crippen molar-refractivity contribution in [2.45, 2.75) is 32.4 Å². The minimum Gasteiger partial charge on any atom is -0.352 e. The third-order valence-electron chi connectivity index (χ3n) is 5.10. The van der Waals surface area contributed by atoms with Gasteiger partial charge in [-0.15, -0.1) is 0 Å². The molecule has 3 N–H and O–H groups in total. The van der Waals surface area contributed by atoms with Crippen molar-refractivity contribution in [1.82, 2.24) is 10.6 Å². The summed E-state index contributed by atoms with van der Waals surface area (Å²) in [6.07, 6.45) is 2.83. The van der Waals surface area contributed by atoms with E-state index in [1.807, 2.05) is 6.07 Å². The van der Waals surface area contributed by atoms with E-state index in [2.05, 4.69) is 28.8 Å². The fraction of sp³-hybridized carbons (Fsp3) is 0.364. The number of carbonyl (C=O) groups is 2. The van der Waals surface area contributed by atoms with Gasteiger partial charge in [-0.3, -0.25) is 9.59 Å². The number of rotatable bonds is 8. The first-order valence-electron chi connectivity index (χ1n) is 9.83. The van der Waals surface area contributed by atoms with E-state index in [9.17, 15) is 9.59 Å². The molecule has 6 heteroatoms. The van der Waals surface area contributed by atoms with Crippen molar-refractivity contribution in [2.75, 3.05) is 19.6 Å². The highest BCUT2D eigenvalue weighted by molar-refractivity contribution is 6.33. The van der Waals surface area contributed by atoms with Crippen molar-refractivity contribution < 1.29 is 14.5 Å². The zero-order valence-electron chi connectivity index (χ0n) is 16.0. The Kier molecular flexibility index (Phi) is 7.46. The van der Waals surface area contributed by atoms with E-state index in [4.69, 9.17) is 11.6 Å². The molecular weight excluding hydrogens is 374 g/mol. The lowest BCUT2D eigenvalue weighted by Gasteiger charge is -2.15. The Hall–Kier alpha value is -2.37. The Bertz CT molecular complexity index is 819. The first-order chi connectivity index (χ1) is 13.6. The van der Waals surface area contributed by atoms with Crippen LogP contribution in [0, 0.1) is 0 Å². The Morgan fingerprint density at radius 3 is 2.36 bits per heavy atom. The van der Waals surface area contributed by atoms with E-state index >= 15 is 0 Å². The van der Waals surface area contributed by atoms with Gasteiger partial charge in [0.05, 0.1) is 23.7 Å². The van der Waals surface area contributed by atoms with Crippen LogP contribution in [0.25, 0.3) is 0 Å². The SMILES string of the molecule is O=C(CCNC(=O)c1ccccc1Cl)NCc1ccccc1C[NH+]1CCCC1. The van der Waals surface area contributed by atoms with Crippen molar-refractivity contribution in [3.8, 4) is 0 Å². The van der Waals surface area contributed by atoms with E-state index in [1.54, 1.807) is 29.2 Å². The first kappa shape index (κ1) is 20.4. The molecule has 0 bridgehead atoms. The summed E-state index contributed by atoms with van der Waals surface area (Å²) in [7, 11) is 0. The standard InChI is InChI=1S/C22H26ClN3O2/c23-20-10-4-3-9-19(20)22(28)24-12-11-21(27)25-15-17-7-1-2-8-18(17)16-26-13-5-6-14-26/h1-4,7-10H,5-6,11-16H2,(H,24,28)(H,25,27)/p+1. The molecule has 0 saturated carbocycles. The number of benzene rings is 2. The van der Waals surface area contributed by atoms with Crippen LogP contribution in [0.1, 0.15) is 40.7 Å². The summed E-state index contributed by atoms with van der Waals surface area (Å²) in [6.45, 7) is 4.26. The lowest BCUT2D eigenvalue weighted by atomic mass is 10.1. The molecule has 5 nitrogen and oxygen atoms in total. The number of carbonyl (C=O) groups excluding carboxylic acids is 2. The van der Waals surface area contributed by atoms with Crippen LogP contribution in [0.3, 0.4) is 0 Å². The molecule has 0 aliphatic carbocycles. The van der Waals surface area contributed by atoms with Gasteiger partial charge in [0.2, 0.25) is 5.91 Å². The molecule has 1 fully saturated rings. The van der Waals surface area contributed by atoms with Crippen molar-refractivity contribution in [3.05, 3.63) is 70.2 Å². The minimum atomic E-state index is -0.266. The Balaban J connectivity index is 1.43. The smallest absolute Gasteiger partial charge is 0.252 e. The molecule has 148 valence electrons. The van der Waals surface area contributed by atoms with Crippen molar-refractivity contribution >= 4 is 23.4 Å². The van der Waals surface area contributed by atoms with E-state index in [0.717, 1.165) is 12.1 Å².